The van der Waals surface area contributed by atoms with E-state index in [1.807, 2.05) is 24.3 Å². The lowest BCUT2D eigenvalue weighted by Gasteiger charge is -2.29. The maximum atomic E-state index is 12.5. The molecule has 29 heavy (non-hydrogen) atoms. The minimum atomic E-state index is -0.595. The van der Waals surface area contributed by atoms with Crippen molar-refractivity contribution in [3.8, 4) is 0 Å². The molecule has 150 valence electrons. The molecule has 0 aromatic heterocycles. The Morgan fingerprint density at radius 2 is 2.03 bits per heavy atom. The molecule has 0 aliphatic carbocycles. The first-order valence-electron chi connectivity index (χ1n) is 9.10. The number of carbonyl (C=O) groups excluding carboxylic acids is 2. The fraction of sp³-hybridized carbons (Fsp3) is 0.250. The number of nitrogens with zero attached hydrogens (tertiary/aromatic N) is 3. The van der Waals surface area contributed by atoms with Crippen LogP contribution in [-0.2, 0) is 16.0 Å². The number of carbonyl (C=O) groups is 2. The number of nitro benzene ring substituents is 1. The van der Waals surface area contributed by atoms with Crippen LogP contribution in [0, 0.1) is 10.1 Å². The van der Waals surface area contributed by atoms with E-state index in [0.29, 0.717) is 12.1 Å². The van der Waals surface area contributed by atoms with Gasteiger partial charge in [-0.3, -0.25) is 19.7 Å². The van der Waals surface area contributed by atoms with Crippen molar-refractivity contribution >= 4 is 41.0 Å². The van der Waals surface area contributed by atoms with Crippen LogP contribution in [-0.4, -0.2) is 29.5 Å². The van der Waals surface area contributed by atoms with Crippen LogP contribution in [0.15, 0.2) is 47.6 Å². The van der Waals surface area contributed by atoms with Crippen molar-refractivity contribution in [2.45, 2.75) is 25.7 Å². The van der Waals surface area contributed by atoms with E-state index in [1.165, 1.54) is 18.3 Å². The van der Waals surface area contributed by atoms with E-state index in [9.17, 15) is 19.7 Å². The average molecular weight is 415 g/mol. The number of hydrazone groups is 1. The van der Waals surface area contributed by atoms with Crippen LogP contribution < -0.4 is 10.3 Å². The van der Waals surface area contributed by atoms with Gasteiger partial charge in [0.1, 0.15) is 5.02 Å². The maximum Gasteiger partial charge on any atom is 0.288 e. The Kier molecular flexibility index (Phi) is 6.56. The van der Waals surface area contributed by atoms with Crippen molar-refractivity contribution in [1.29, 1.82) is 0 Å². The van der Waals surface area contributed by atoms with Gasteiger partial charge in [-0.05, 0) is 30.5 Å². The molecule has 0 saturated carbocycles. The molecule has 2 amide bonds. The number of halogens is 1. The zero-order chi connectivity index (χ0) is 20.8. The molecule has 1 N–H and O–H groups in total. The van der Waals surface area contributed by atoms with Crippen molar-refractivity contribution in [3.63, 3.8) is 0 Å². The minimum Gasteiger partial charge on any atom is -0.312 e. The Labute approximate surface area is 172 Å². The Bertz CT molecular complexity index is 977. The van der Waals surface area contributed by atoms with E-state index in [1.54, 1.807) is 11.0 Å². The van der Waals surface area contributed by atoms with Gasteiger partial charge < -0.3 is 4.90 Å². The second-order valence-electron chi connectivity index (χ2n) is 6.54. The lowest BCUT2D eigenvalue weighted by Crippen LogP contribution is -2.36. The Balaban J connectivity index is 1.52. The second kappa shape index (κ2) is 9.29. The molecule has 1 aliphatic rings. The summed E-state index contributed by atoms with van der Waals surface area (Å²) in [5.41, 5.74) is 4.55. The van der Waals surface area contributed by atoms with Crippen molar-refractivity contribution in [2.75, 3.05) is 11.4 Å². The summed E-state index contributed by atoms with van der Waals surface area (Å²) in [4.78, 5) is 36.5. The number of hydrogen-bond acceptors (Lipinski definition) is 5. The molecule has 0 unspecified atom stereocenters. The van der Waals surface area contributed by atoms with E-state index in [2.05, 4.69) is 10.5 Å². The zero-order valence-corrected chi connectivity index (χ0v) is 16.3. The molecule has 0 fully saturated rings. The van der Waals surface area contributed by atoms with Crippen molar-refractivity contribution in [2.24, 2.45) is 5.10 Å². The van der Waals surface area contributed by atoms with Crippen molar-refractivity contribution in [1.82, 2.24) is 5.43 Å². The molecule has 1 aliphatic heterocycles. The Hall–Kier alpha value is -3.26. The van der Waals surface area contributed by atoms with Crippen molar-refractivity contribution in [3.05, 3.63) is 68.7 Å². The standard InChI is InChI=1S/C20H19ClN4O4/c21-16-8-7-14(12-18(16)25(28)29)13-22-23-19(26)9-10-20(27)24-11-3-5-15-4-1-2-6-17(15)24/h1-2,4,6-8,12-13H,3,5,9-11H2,(H,23,26). The first-order chi connectivity index (χ1) is 14.0. The predicted molar refractivity (Wildman–Crippen MR) is 110 cm³/mol. The summed E-state index contributed by atoms with van der Waals surface area (Å²) in [6, 6.07) is 12.0. The molecule has 9 heteroatoms. The van der Waals surface area contributed by atoms with Gasteiger partial charge in [-0.2, -0.15) is 5.10 Å². The summed E-state index contributed by atoms with van der Waals surface area (Å²) in [5.74, 6) is -0.520. The number of hydrogen-bond donors (Lipinski definition) is 1. The summed E-state index contributed by atoms with van der Waals surface area (Å²) in [6.07, 6.45) is 3.19. The molecule has 2 aromatic carbocycles. The molecule has 1 heterocycles. The molecular formula is C20H19ClN4O4. The number of nitrogens with one attached hydrogen (secondary N) is 1. The van der Waals surface area contributed by atoms with E-state index < -0.39 is 10.8 Å². The fourth-order valence-corrected chi connectivity index (χ4v) is 3.32. The van der Waals surface area contributed by atoms with Gasteiger partial charge in [0.15, 0.2) is 0 Å². The van der Waals surface area contributed by atoms with Crippen LogP contribution in [0.2, 0.25) is 5.02 Å². The van der Waals surface area contributed by atoms with Crippen LogP contribution in [0.5, 0.6) is 0 Å². The number of rotatable bonds is 6. The van der Waals surface area contributed by atoms with Crippen LogP contribution in [0.3, 0.4) is 0 Å². The molecule has 0 bridgehead atoms. The molecule has 0 spiro atoms. The summed E-state index contributed by atoms with van der Waals surface area (Å²) in [7, 11) is 0. The SMILES string of the molecule is O=C(CCC(=O)N1CCCc2ccccc21)NN=Cc1ccc(Cl)c([N+](=O)[O-])c1. The molecule has 0 saturated heterocycles. The first-order valence-corrected chi connectivity index (χ1v) is 9.47. The smallest absolute Gasteiger partial charge is 0.288 e. The van der Waals surface area contributed by atoms with E-state index in [0.717, 1.165) is 24.1 Å². The van der Waals surface area contributed by atoms with Gasteiger partial charge in [-0.1, -0.05) is 35.9 Å². The lowest BCUT2D eigenvalue weighted by atomic mass is 10.0. The molecular weight excluding hydrogens is 396 g/mol. The third kappa shape index (κ3) is 5.17. The number of benzene rings is 2. The summed E-state index contributed by atoms with van der Waals surface area (Å²) in [5, 5.41) is 14.7. The monoisotopic (exact) mass is 414 g/mol. The fourth-order valence-electron chi connectivity index (χ4n) is 3.13. The van der Waals surface area contributed by atoms with Crippen LogP contribution in [0.4, 0.5) is 11.4 Å². The van der Waals surface area contributed by atoms with Gasteiger partial charge in [-0.15, -0.1) is 0 Å². The highest BCUT2D eigenvalue weighted by molar-refractivity contribution is 6.32. The summed E-state index contributed by atoms with van der Waals surface area (Å²) < 4.78 is 0. The van der Waals surface area contributed by atoms with Gasteiger partial charge in [-0.25, -0.2) is 5.43 Å². The number of para-hydroxylation sites is 1. The number of amides is 2. The molecule has 0 atom stereocenters. The summed E-state index contributed by atoms with van der Waals surface area (Å²) in [6.45, 7) is 0.644. The van der Waals surface area contributed by atoms with E-state index in [-0.39, 0.29) is 29.5 Å². The predicted octanol–water partition coefficient (Wildman–Crippen LogP) is 3.46. The highest BCUT2D eigenvalue weighted by Gasteiger charge is 2.22. The number of nitro groups is 1. The van der Waals surface area contributed by atoms with E-state index >= 15 is 0 Å². The quantitative estimate of drug-likeness (QED) is 0.444. The van der Waals surface area contributed by atoms with Gasteiger partial charge >= 0.3 is 0 Å². The number of anilines is 1. The lowest BCUT2D eigenvalue weighted by molar-refractivity contribution is -0.384. The second-order valence-corrected chi connectivity index (χ2v) is 6.95. The molecule has 8 nitrogen and oxygen atoms in total. The normalized spacial score (nSPS) is 13.2. The van der Waals surface area contributed by atoms with Crippen LogP contribution >= 0.6 is 11.6 Å². The van der Waals surface area contributed by atoms with Gasteiger partial charge in [0.25, 0.3) is 5.69 Å². The largest absolute Gasteiger partial charge is 0.312 e. The third-order valence-corrected chi connectivity index (χ3v) is 4.87. The topological polar surface area (TPSA) is 105 Å². The van der Waals surface area contributed by atoms with Gasteiger partial charge in [0.2, 0.25) is 11.8 Å². The van der Waals surface area contributed by atoms with Crippen LogP contribution in [0.1, 0.15) is 30.4 Å². The van der Waals surface area contributed by atoms with Gasteiger partial charge in [0, 0.05) is 36.7 Å². The average Bonchev–Trinajstić information content (AvgIpc) is 2.72. The van der Waals surface area contributed by atoms with Crippen LogP contribution in [0.25, 0.3) is 0 Å². The van der Waals surface area contributed by atoms with Crippen molar-refractivity contribution < 1.29 is 14.5 Å². The minimum absolute atomic E-state index is 0.00436. The molecule has 2 aromatic rings. The Morgan fingerprint density at radius 3 is 2.83 bits per heavy atom. The highest BCUT2D eigenvalue weighted by Crippen LogP contribution is 2.27. The number of fused-ring (bicyclic) bond motifs is 1. The molecule has 3 rings (SSSR count). The maximum absolute atomic E-state index is 12.5. The third-order valence-electron chi connectivity index (χ3n) is 4.55. The first kappa shape index (κ1) is 20.5. The zero-order valence-electron chi connectivity index (χ0n) is 15.5. The summed E-state index contributed by atoms with van der Waals surface area (Å²) >= 11 is 5.75. The van der Waals surface area contributed by atoms with Gasteiger partial charge in [0.05, 0.1) is 11.1 Å². The van der Waals surface area contributed by atoms with E-state index in [4.69, 9.17) is 11.6 Å². The Morgan fingerprint density at radius 1 is 1.24 bits per heavy atom. The number of aryl methyl sites for hydroxylation is 1. The highest BCUT2D eigenvalue weighted by atomic mass is 35.5. The molecule has 0 radical (unpaired) electrons.